The molecule has 0 aromatic carbocycles. The fraction of sp³-hybridized carbons (Fsp3) is 1.00. The van der Waals surface area contributed by atoms with Gasteiger partial charge in [0.15, 0.2) is 0 Å². The first-order valence-corrected chi connectivity index (χ1v) is 5.26. The van der Waals surface area contributed by atoms with E-state index in [-0.39, 0.29) is 0 Å². The first-order valence-electron chi connectivity index (χ1n) is 5.26. The highest BCUT2D eigenvalue weighted by Crippen LogP contribution is 2.06. The summed E-state index contributed by atoms with van der Waals surface area (Å²) in [5.41, 5.74) is 0. The molecular formula is C10H23NO. The van der Waals surface area contributed by atoms with Crippen LogP contribution < -0.4 is 5.32 Å². The van der Waals surface area contributed by atoms with E-state index in [1.54, 1.807) is 0 Å². The van der Waals surface area contributed by atoms with E-state index in [0.29, 0.717) is 6.10 Å². The van der Waals surface area contributed by atoms with E-state index in [2.05, 4.69) is 12.2 Å². The van der Waals surface area contributed by atoms with E-state index in [1.807, 2.05) is 13.8 Å². The smallest absolute Gasteiger partial charge is 0.0599 e. The second-order valence-electron chi connectivity index (χ2n) is 2.82. The first kappa shape index (κ1) is 11.9. The molecule has 0 aromatic rings. The largest absolute Gasteiger partial charge is 0.378 e. The van der Waals surface area contributed by atoms with Crippen molar-refractivity contribution in [3.05, 3.63) is 0 Å². The van der Waals surface area contributed by atoms with Crippen LogP contribution in [0.4, 0.5) is 0 Å². The van der Waals surface area contributed by atoms with Crippen LogP contribution >= 0.6 is 0 Å². The summed E-state index contributed by atoms with van der Waals surface area (Å²) in [6.45, 7) is 9.36. The molecule has 1 fully saturated rings. The Morgan fingerprint density at radius 2 is 1.83 bits per heavy atom. The monoisotopic (exact) mass is 173 g/mol. The molecule has 12 heavy (non-hydrogen) atoms. The fourth-order valence-corrected chi connectivity index (χ4v) is 1.25. The van der Waals surface area contributed by atoms with Crippen molar-refractivity contribution in [2.75, 3.05) is 19.7 Å². The zero-order chi connectivity index (χ0) is 9.23. The van der Waals surface area contributed by atoms with Crippen LogP contribution in [0.2, 0.25) is 0 Å². The van der Waals surface area contributed by atoms with E-state index >= 15 is 0 Å². The highest BCUT2D eigenvalue weighted by atomic mass is 16.5. The molecule has 1 N–H and O–H groups in total. The number of hydrogen-bond donors (Lipinski definition) is 1. The second kappa shape index (κ2) is 9.01. The molecule has 74 valence electrons. The maximum Gasteiger partial charge on any atom is 0.0599 e. The molecule has 0 atom stereocenters. The summed E-state index contributed by atoms with van der Waals surface area (Å²) in [6.07, 6.45) is 4.07. The number of piperidine rings is 1. The maximum atomic E-state index is 5.59. The Morgan fingerprint density at radius 3 is 2.33 bits per heavy atom. The van der Waals surface area contributed by atoms with E-state index in [4.69, 9.17) is 4.74 Å². The Hall–Kier alpha value is -0.0800. The van der Waals surface area contributed by atoms with Crippen molar-refractivity contribution in [1.29, 1.82) is 0 Å². The molecule has 0 amide bonds. The predicted molar refractivity (Wildman–Crippen MR) is 53.5 cm³/mol. The highest BCUT2D eigenvalue weighted by molar-refractivity contribution is 4.67. The number of nitrogens with one attached hydrogen (secondary N) is 1. The Bertz CT molecular complexity index is 79.9. The standard InChI is InChI=1S/C8H17NO.C2H6/c1-2-7-10-8-3-5-9-6-4-8;1-2/h8-9H,2-7H2,1H3;1-2H3. The van der Waals surface area contributed by atoms with Crippen molar-refractivity contribution >= 4 is 0 Å². The van der Waals surface area contributed by atoms with Gasteiger partial charge in [0.1, 0.15) is 0 Å². The minimum absolute atomic E-state index is 0.543. The van der Waals surface area contributed by atoms with Gasteiger partial charge in [0.05, 0.1) is 6.10 Å². The normalized spacial score (nSPS) is 18.2. The number of ether oxygens (including phenoxy) is 1. The van der Waals surface area contributed by atoms with Gasteiger partial charge in [-0.15, -0.1) is 0 Å². The molecule has 0 spiro atoms. The number of hydrogen-bond acceptors (Lipinski definition) is 2. The summed E-state index contributed by atoms with van der Waals surface area (Å²) in [5.74, 6) is 0. The topological polar surface area (TPSA) is 21.3 Å². The van der Waals surface area contributed by atoms with Crippen LogP contribution in [0.3, 0.4) is 0 Å². The molecule has 0 bridgehead atoms. The van der Waals surface area contributed by atoms with Crippen molar-refractivity contribution in [1.82, 2.24) is 5.32 Å². The van der Waals surface area contributed by atoms with Gasteiger partial charge in [-0.1, -0.05) is 20.8 Å². The first-order chi connectivity index (χ1) is 5.93. The average Bonchev–Trinajstić information content (AvgIpc) is 2.19. The number of rotatable bonds is 3. The molecule has 1 rings (SSSR count). The molecule has 0 aromatic heterocycles. The van der Waals surface area contributed by atoms with Crippen LogP contribution in [-0.2, 0) is 4.74 Å². The van der Waals surface area contributed by atoms with Gasteiger partial charge in [-0.05, 0) is 32.4 Å². The van der Waals surface area contributed by atoms with Crippen LogP contribution in [0.25, 0.3) is 0 Å². The van der Waals surface area contributed by atoms with E-state index in [9.17, 15) is 0 Å². The lowest BCUT2D eigenvalue weighted by Crippen LogP contribution is -2.32. The van der Waals surface area contributed by atoms with Crippen molar-refractivity contribution in [3.8, 4) is 0 Å². The van der Waals surface area contributed by atoms with Gasteiger partial charge in [-0.2, -0.15) is 0 Å². The van der Waals surface area contributed by atoms with Gasteiger partial charge in [-0.25, -0.2) is 0 Å². The third kappa shape index (κ3) is 5.56. The maximum absolute atomic E-state index is 5.59. The summed E-state index contributed by atoms with van der Waals surface area (Å²) in [5, 5.41) is 3.31. The molecule has 0 radical (unpaired) electrons. The molecule has 1 aliphatic rings. The minimum atomic E-state index is 0.543. The Morgan fingerprint density at radius 1 is 1.25 bits per heavy atom. The lowest BCUT2D eigenvalue weighted by molar-refractivity contribution is 0.0334. The Kier molecular flexibility index (Phi) is 8.95. The minimum Gasteiger partial charge on any atom is -0.378 e. The molecule has 1 aliphatic heterocycles. The van der Waals surface area contributed by atoms with E-state index in [1.165, 1.54) is 12.8 Å². The van der Waals surface area contributed by atoms with Crippen LogP contribution in [0.15, 0.2) is 0 Å². The Balaban J connectivity index is 0.000000561. The van der Waals surface area contributed by atoms with Gasteiger partial charge < -0.3 is 10.1 Å². The zero-order valence-electron chi connectivity index (χ0n) is 8.73. The van der Waals surface area contributed by atoms with Crippen LogP contribution in [0, 0.1) is 0 Å². The van der Waals surface area contributed by atoms with Gasteiger partial charge in [0.25, 0.3) is 0 Å². The summed E-state index contributed by atoms with van der Waals surface area (Å²) < 4.78 is 5.59. The van der Waals surface area contributed by atoms with Crippen molar-refractivity contribution in [2.45, 2.75) is 46.1 Å². The third-order valence-electron chi connectivity index (χ3n) is 1.84. The van der Waals surface area contributed by atoms with Crippen molar-refractivity contribution < 1.29 is 4.74 Å². The summed E-state index contributed by atoms with van der Waals surface area (Å²) in [4.78, 5) is 0. The van der Waals surface area contributed by atoms with Crippen molar-refractivity contribution in [2.24, 2.45) is 0 Å². The summed E-state index contributed by atoms with van der Waals surface area (Å²) in [6, 6.07) is 0. The summed E-state index contributed by atoms with van der Waals surface area (Å²) in [7, 11) is 0. The van der Waals surface area contributed by atoms with Crippen LogP contribution in [-0.4, -0.2) is 25.8 Å². The molecular weight excluding hydrogens is 150 g/mol. The third-order valence-corrected chi connectivity index (χ3v) is 1.84. The van der Waals surface area contributed by atoms with Gasteiger partial charge in [0.2, 0.25) is 0 Å². The summed E-state index contributed by atoms with van der Waals surface area (Å²) >= 11 is 0. The molecule has 2 heteroatoms. The van der Waals surface area contributed by atoms with Gasteiger partial charge in [-0.3, -0.25) is 0 Å². The lowest BCUT2D eigenvalue weighted by Gasteiger charge is -2.22. The lowest BCUT2D eigenvalue weighted by atomic mass is 10.1. The van der Waals surface area contributed by atoms with Crippen molar-refractivity contribution in [3.63, 3.8) is 0 Å². The second-order valence-corrected chi connectivity index (χ2v) is 2.82. The highest BCUT2D eigenvalue weighted by Gasteiger charge is 2.11. The molecule has 2 nitrogen and oxygen atoms in total. The van der Waals surface area contributed by atoms with Gasteiger partial charge >= 0.3 is 0 Å². The Labute approximate surface area is 76.7 Å². The molecule has 0 saturated carbocycles. The fourth-order valence-electron chi connectivity index (χ4n) is 1.25. The molecule has 0 unspecified atom stereocenters. The predicted octanol–water partition coefficient (Wildman–Crippen LogP) is 2.19. The van der Waals surface area contributed by atoms with E-state index < -0.39 is 0 Å². The molecule has 1 heterocycles. The molecule has 0 aliphatic carbocycles. The molecule has 1 saturated heterocycles. The van der Waals surface area contributed by atoms with Gasteiger partial charge in [0, 0.05) is 6.61 Å². The SMILES string of the molecule is CC.CCCOC1CCNCC1. The quantitative estimate of drug-likeness (QED) is 0.706. The van der Waals surface area contributed by atoms with Crippen LogP contribution in [0.1, 0.15) is 40.0 Å². The average molecular weight is 173 g/mol. The zero-order valence-corrected chi connectivity index (χ0v) is 8.73. The van der Waals surface area contributed by atoms with Crippen LogP contribution in [0.5, 0.6) is 0 Å². The van der Waals surface area contributed by atoms with E-state index in [0.717, 1.165) is 26.1 Å².